The molecule has 18 heavy (non-hydrogen) atoms. The highest BCUT2D eigenvalue weighted by Crippen LogP contribution is 2.33. The Hall–Kier alpha value is -1.54. The summed E-state index contributed by atoms with van der Waals surface area (Å²) in [6, 6.07) is 4.03. The van der Waals surface area contributed by atoms with E-state index in [0.29, 0.717) is 17.0 Å². The Labute approximate surface area is 110 Å². The molecule has 4 nitrogen and oxygen atoms in total. The third kappa shape index (κ3) is 2.49. The lowest BCUT2D eigenvalue weighted by molar-refractivity contribution is -0.140. The normalized spacial score (nSPS) is 22.7. The van der Waals surface area contributed by atoms with E-state index >= 15 is 0 Å². The van der Waals surface area contributed by atoms with Crippen molar-refractivity contribution >= 4 is 17.7 Å². The van der Waals surface area contributed by atoms with E-state index in [1.54, 1.807) is 0 Å². The number of rotatable bonds is 2. The van der Waals surface area contributed by atoms with Crippen molar-refractivity contribution in [3.8, 4) is 6.07 Å². The zero-order valence-electron chi connectivity index (χ0n) is 10.6. The van der Waals surface area contributed by atoms with Gasteiger partial charge < -0.3 is 4.74 Å². The fraction of sp³-hybridized carbons (Fsp3) is 0.462. The van der Waals surface area contributed by atoms with Gasteiger partial charge in [-0.15, -0.1) is 0 Å². The second kappa shape index (κ2) is 4.99. The number of nitriles is 1. The minimum atomic E-state index is -0.249. The zero-order valence-corrected chi connectivity index (χ0v) is 11.4. The molecule has 94 valence electrons. The predicted molar refractivity (Wildman–Crippen MR) is 68.2 cm³/mol. The number of carbonyl (C=O) groups is 1. The van der Waals surface area contributed by atoms with Gasteiger partial charge in [-0.25, -0.2) is 4.98 Å². The van der Waals surface area contributed by atoms with Gasteiger partial charge in [0, 0.05) is 12.1 Å². The van der Waals surface area contributed by atoms with E-state index in [0.717, 1.165) is 11.3 Å². The van der Waals surface area contributed by atoms with E-state index in [-0.39, 0.29) is 17.3 Å². The van der Waals surface area contributed by atoms with Crippen molar-refractivity contribution in [3.63, 3.8) is 0 Å². The highest BCUT2D eigenvalue weighted by molar-refractivity contribution is 8.00. The molecule has 1 fully saturated rings. The van der Waals surface area contributed by atoms with Crippen LogP contribution < -0.4 is 0 Å². The number of cyclic esters (lactones) is 1. The van der Waals surface area contributed by atoms with Crippen molar-refractivity contribution in [3.05, 3.63) is 22.9 Å². The number of ether oxygens (including phenoxy) is 1. The Morgan fingerprint density at radius 3 is 2.83 bits per heavy atom. The fourth-order valence-corrected chi connectivity index (χ4v) is 3.28. The Balaban J connectivity index is 2.29. The molecule has 0 aromatic carbocycles. The van der Waals surface area contributed by atoms with Crippen LogP contribution in [0.3, 0.4) is 0 Å². The van der Waals surface area contributed by atoms with Gasteiger partial charge in [0.05, 0.1) is 5.56 Å². The summed E-state index contributed by atoms with van der Waals surface area (Å²) in [5, 5.41) is 9.54. The summed E-state index contributed by atoms with van der Waals surface area (Å²) < 4.78 is 5.11. The molecule has 1 aliphatic heterocycles. The van der Waals surface area contributed by atoms with Gasteiger partial charge in [-0.2, -0.15) is 5.26 Å². The number of hydrogen-bond donors (Lipinski definition) is 0. The van der Waals surface area contributed by atoms with Gasteiger partial charge in [-0.3, -0.25) is 4.79 Å². The van der Waals surface area contributed by atoms with Gasteiger partial charge in [0.15, 0.2) is 0 Å². The van der Waals surface area contributed by atoms with Crippen LogP contribution >= 0.6 is 11.8 Å². The molecule has 0 N–H and O–H groups in total. The Kier molecular flexibility index (Phi) is 3.58. The minimum absolute atomic E-state index is 0.0496. The number of hydrogen-bond acceptors (Lipinski definition) is 5. The van der Waals surface area contributed by atoms with Crippen LogP contribution in [0.4, 0.5) is 0 Å². The van der Waals surface area contributed by atoms with E-state index in [1.165, 1.54) is 11.8 Å². The number of aromatic nitrogens is 1. The average Bonchev–Trinajstić information content (AvgIpc) is 2.57. The SMILES string of the molecule is Cc1cc(C)c(C#N)c(S[C@@H]2C[C@H](C)OC2=O)n1. The van der Waals surface area contributed by atoms with Gasteiger partial charge in [0.1, 0.15) is 22.4 Å². The van der Waals surface area contributed by atoms with Gasteiger partial charge in [0.25, 0.3) is 0 Å². The Bertz CT molecular complexity index is 537. The van der Waals surface area contributed by atoms with E-state index in [1.807, 2.05) is 26.8 Å². The number of pyridine rings is 1. The smallest absolute Gasteiger partial charge is 0.319 e. The number of carbonyl (C=O) groups excluding carboxylic acids is 1. The van der Waals surface area contributed by atoms with Crippen LogP contribution in [-0.4, -0.2) is 22.3 Å². The second-order valence-corrected chi connectivity index (χ2v) is 5.65. The molecule has 2 atom stereocenters. The molecule has 0 spiro atoms. The molecule has 0 radical (unpaired) electrons. The Morgan fingerprint density at radius 2 is 2.28 bits per heavy atom. The standard InChI is InChI=1S/C13H14N2O2S/c1-7-4-8(2)15-12(10(7)6-14)18-11-5-9(3)17-13(11)16/h4,9,11H,5H2,1-3H3/t9-,11+/m0/s1. The number of thioether (sulfide) groups is 1. The quantitative estimate of drug-likeness (QED) is 0.766. The number of aryl methyl sites for hydroxylation is 2. The molecule has 1 aliphatic rings. The molecule has 5 heteroatoms. The fourth-order valence-electron chi connectivity index (χ4n) is 1.97. The van der Waals surface area contributed by atoms with Gasteiger partial charge in [0.2, 0.25) is 0 Å². The highest BCUT2D eigenvalue weighted by atomic mass is 32.2. The maximum Gasteiger partial charge on any atom is 0.319 e. The predicted octanol–water partition coefficient (Wildman–Crippen LogP) is 2.37. The summed E-state index contributed by atoms with van der Waals surface area (Å²) in [5.74, 6) is -0.211. The van der Waals surface area contributed by atoms with E-state index in [4.69, 9.17) is 10.00 Å². The van der Waals surface area contributed by atoms with Crippen LogP contribution in [0.15, 0.2) is 11.1 Å². The zero-order chi connectivity index (χ0) is 13.3. The van der Waals surface area contributed by atoms with Crippen molar-refractivity contribution in [2.75, 3.05) is 0 Å². The molecule has 0 amide bonds. The average molecular weight is 262 g/mol. The molecule has 1 aromatic rings. The molecule has 2 rings (SSSR count). The lowest BCUT2D eigenvalue weighted by atomic mass is 10.1. The van der Waals surface area contributed by atoms with Crippen LogP contribution in [0.1, 0.15) is 30.2 Å². The van der Waals surface area contributed by atoms with Gasteiger partial charge >= 0.3 is 5.97 Å². The largest absolute Gasteiger partial charge is 0.462 e. The topological polar surface area (TPSA) is 63.0 Å². The van der Waals surface area contributed by atoms with E-state index < -0.39 is 0 Å². The molecule has 0 unspecified atom stereocenters. The summed E-state index contributed by atoms with van der Waals surface area (Å²) in [6.45, 7) is 5.64. The van der Waals surface area contributed by atoms with Crippen molar-refractivity contribution in [1.29, 1.82) is 5.26 Å². The molecule has 1 aromatic heterocycles. The maximum absolute atomic E-state index is 11.6. The first-order valence-electron chi connectivity index (χ1n) is 5.76. The third-order valence-electron chi connectivity index (χ3n) is 2.80. The van der Waals surface area contributed by atoms with Crippen molar-refractivity contribution < 1.29 is 9.53 Å². The summed E-state index contributed by atoms with van der Waals surface area (Å²) in [7, 11) is 0. The van der Waals surface area contributed by atoms with Crippen LogP contribution in [0, 0.1) is 25.2 Å². The number of nitrogens with zero attached hydrogens (tertiary/aromatic N) is 2. The summed E-state index contributed by atoms with van der Waals surface area (Å²) in [4.78, 5) is 16.0. The van der Waals surface area contributed by atoms with Crippen molar-refractivity contribution in [1.82, 2.24) is 4.98 Å². The molecular formula is C13H14N2O2S. The molecule has 2 heterocycles. The molecule has 0 saturated carbocycles. The van der Waals surface area contributed by atoms with E-state index in [2.05, 4.69) is 11.1 Å². The number of esters is 1. The first-order chi connectivity index (χ1) is 8.51. The first kappa shape index (κ1) is 12.9. The summed E-state index contributed by atoms with van der Waals surface area (Å²) in [6.07, 6.45) is 0.620. The lowest BCUT2D eigenvalue weighted by Crippen LogP contribution is -2.10. The van der Waals surface area contributed by atoms with Crippen molar-refractivity contribution in [2.45, 2.75) is 43.6 Å². The van der Waals surface area contributed by atoms with Crippen LogP contribution in [0.5, 0.6) is 0 Å². The first-order valence-corrected chi connectivity index (χ1v) is 6.64. The third-order valence-corrected chi connectivity index (χ3v) is 3.99. The van der Waals surface area contributed by atoms with Crippen LogP contribution in [0.2, 0.25) is 0 Å². The molecule has 0 bridgehead atoms. The van der Waals surface area contributed by atoms with Crippen LogP contribution in [0.25, 0.3) is 0 Å². The monoisotopic (exact) mass is 262 g/mol. The molecular weight excluding hydrogens is 248 g/mol. The second-order valence-electron chi connectivity index (χ2n) is 4.46. The van der Waals surface area contributed by atoms with Gasteiger partial charge in [-0.05, 0) is 32.4 Å². The highest BCUT2D eigenvalue weighted by Gasteiger charge is 2.33. The van der Waals surface area contributed by atoms with E-state index in [9.17, 15) is 4.79 Å². The van der Waals surface area contributed by atoms with Gasteiger partial charge in [-0.1, -0.05) is 11.8 Å². The summed E-state index contributed by atoms with van der Waals surface area (Å²) in [5.41, 5.74) is 2.30. The lowest BCUT2D eigenvalue weighted by Gasteiger charge is -2.09. The Morgan fingerprint density at radius 1 is 1.56 bits per heavy atom. The maximum atomic E-state index is 11.6. The summed E-state index contributed by atoms with van der Waals surface area (Å²) >= 11 is 1.33. The minimum Gasteiger partial charge on any atom is -0.462 e. The molecule has 1 saturated heterocycles. The van der Waals surface area contributed by atoms with Crippen molar-refractivity contribution in [2.24, 2.45) is 0 Å². The van der Waals surface area contributed by atoms with Crippen LogP contribution in [-0.2, 0) is 9.53 Å². The molecule has 0 aliphatic carbocycles.